The Labute approximate surface area is 312 Å². The number of nitrogens with zero attached hydrogens (tertiary/aromatic N) is 6. The molecule has 0 amide bonds. The van der Waals surface area contributed by atoms with E-state index in [4.69, 9.17) is 15.3 Å². The predicted octanol–water partition coefficient (Wildman–Crippen LogP) is 8.87. The molecule has 7 nitrogen and oxygen atoms in total. The van der Waals surface area contributed by atoms with Crippen LogP contribution in [0, 0.1) is 20.8 Å². The third-order valence-electron chi connectivity index (χ3n) is 9.28. The SMILES string of the molecule is CC(C)c1cccc(C(C)C)c1[O-].Cc1cc(-c2ccccc2)nn1[BH-](n1nc(-c2ccccc2)cc1C)n1nc(-c2ccccc2)cc1C.[Ni+2]. The molecular weight excluding hydrogens is 674 g/mol. The van der Waals surface area contributed by atoms with Crippen LogP contribution in [0.1, 0.15) is 67.7 Å². The first kappa shape index (κ1) is 37.1. The van der Waals surface area contributed by atoms with Gasteiger partial charge in [0.25, 0.3) is 0 Å². The minimum atomic E-state index is -1.55. The molecule has 0 N–H and O–H groups in total. The molecule has 0 saturated carbocycles. The molecule has 7 aromatic rings. The monoisotopic (exact) mass is 718 g/mol. The molecule has 0 fully saturated rings. The van der Waals surface area contributed by atoms with Crippen molar-refractivity contribution in [2.75, 3.05) is 0 Å². The van der Waals surface area contributed by atoms with Gasteiger partial charge in [-0.25, -0.2) is 15.3 Å². The Morgan fingerprint density at radius 3 is 1.04 bits per heavy atom. The number of benzene rings is 4. The zero-order valence-corrected chi connectivity index (χ0v) is 31.4. The summed E-state index contributed by atoms with van der Waals surface area (Å²) in [5.74, 6) is 0.880. The largest absolute Gasteiger partial charge is 2.00 e. The molecule has 0 unspecified atom stereocenters. The maximum atomic E-state index is 11.9. The van der Waals surface area contributed by atoms with Crippen LogP contribution in [-0.4, -0.2) is 36.2 Å². The third-order valence-corrected chi connectivity index (χ3v) is 9.28. The number of aryl methyl sites for hydroxylation is 3. The molecule has 0 bridgehead atoms. The quantitative estimate of drug-likeness (QED) is 0.147. The van der Waals surface area contributed by atoms with Gasteiger partial charge in [-0.05, 0) is 67.9 Å². The van der Waals surface area contributed by atoms with Crippen LogP contribution >= 0.6 is 0 Å². The van der Waals surface area contributed by atoms with Crippen molar-refractivity contribution in [3.63, 3.8) is 0 Å². The van der Waals surface area contributed by atoms with Crippen molar-refractivity contribution in [2.45, 2.75) is 60.3 Å². The maximum Gasteiger partial charge on any atom is 2.00 e. The fraction of sp³-hybridized carbons (Fsp3) is 0.214. The molecule has 7 rings (SSSR count). The maximum absolute atomic E-state index is 11.9. The molecule has 3 aromatic heterocycles. The summed E-state index contributed by atoms with van der Waals surface area (Å²) in [4.78, 5) is 0. The van der Waals surface area contributed by atoms with Gasteiger partial charge in [0.1, 0.15) is 0 Å². The molecule has 0 aliphatic heterocycles. The molecule has 0 saturated heterocycles. The first-order chi connectivity index (χ1) is 24.1. The first-order valence-corrected chi connectivity index (χ1v) is 17.4. The van der Waals surface area contributed by atoms with Gasteiger partial charge in [0, 0.05) is 16.7 Å². The Hall–Kier alpha value is -5.13. The average molecular weight is 719 g/mol. The predicted molar refractivity (Wildman–Crippen MR) is 205 cm³/mol. The van der Waals surface area contributed by atoms with Crippen molar-refractivity contribution in [3.05, 3.63) is 156 Å². The second-order valence-electron chi connectivity index (χ2n) is 13.6. The summed E-state index contributed by atoms with van der Waals surface area (Å²) >= 11 is 0. The van der Waals surface area contributed by atoms with Gasteiger partial charge in [0.05, 0.1) is 17.1 Å². The van der Waals surface area contributed by atoms with Crippen LogP contribution in [0.3, 0.4) is 0 Å². The van der Waals surface area contributed by atoms with E-state index in [9.17, 15) is 5.11 Å². The van der Waals surface area contributed by atoms with Gasteiger partial charge in [-0.15, -0.1) is 5.75 Å². The molecule has 0 aliphatic rings. The van der Waals surface area contributed by atoms with Crippen molar-refractivity contribution in [3.8, 4) is 39.5 Å². The van der Waals surface area contributed by atoms with E-state index in [0.29, 0.717) is 11.8 Å². The summed E-state index contributed by atoms with van der Waals surface area (Å²) in [5.41, 5.74) is 11.1. The van der Waals surface area contributed by atoms with Gasteiger partial charge >= 0.3 is 23.6 Å². The summed E-state index contributed by atoms with van der Waals surface area (Å²) in [6, 6.07) is 43.2. The standard InChI is InChI=1S/C30H28BN6.C12H18O.Ni/c1-22-19-28(25-13-7-4-8-14-25)32-35(22)31(36-23(2)20-29(33-36)26-15-9-5-10-16-26)37-24(3)21-30(34-37)27-17-11-6-12-18-27;1-8(2)10-6-5-7-11(9(3)4)12(10)13;/h4-21,31H,1-3H3;5-9,13H,1-4H3;/q-1;;+2/p-1. The average Bonchev–Trinajstić information content (AvgIpc) is 3.83. The van der Waals surface area contributed by atoms with Gasteiger partial charge in [0.2, 0.25) is 0 Å². The molecule has 0 spiro atoms. The van der Waals surface area contributed by atoms with E-state index >= 15 is 0 Å². The third kappa shape index (κ3) is 8.10. The Morgan fingerprint density at radius 2 is 0.765 bits per heavy atom. The van der Waals surface area contributed by atoms with E-state index in [1.807, 2.05) is 72.8 Å². The van der Waals surface area contributed by atoms with Gasteiger partial charge in [-0.3, -0.25) is 0 Å². The second kappa shape index (κ2) is 16.3. The van der Waals surface area contributed by atoms with Gasteiger partial charge < -0.3 is 18.9 Å². The molecule has 0 aliphatic carbocycles. The molecule has 0 atom stereocenters. The van der Waals surface area contributed by atoms with Crippen molar-refractivity contribution >= 4 is 7.12 Å². The number of hydrogen-bond acceptors (Lipinski definition) is 4. The Bertz CT molecular complexity index is 1950. The summed E-state index contributed by atoms with van der Waals surface area (Å²) < 4.78 is 6.31. The van der Waals surface area contributed by atoms with E-state index in [0.717, 1.165) is 62.0 Å². The number of rotatable bonds is 8. The minimum Gasteiger partial charge on any atom is -0.872 e. The fourth-order valence-electron chi connectivity index (χ4n) is 6.50. The van der Waals surface area contributed by atoms with Crippen LogP contribution in [0.4, 0.5) is 0 Å². The molecule has 262 valence electrons. The normalized spacial score (nSPS) is 11.1. The summed E-state index contributed by atoms with van der Waals surface area (Å²) in [7, 11) is -1.55. The molecule has 3 heterocycles. The fourth-order valence-corrected chi connectivity index (χ4v) is 6.50. The van der Waals surface area contributed by atoms with Crippen LogP contribution in [-0.2, 0) is 16.5 Å². The van der Waals surface area contributed by atoms with E-state index in [-0.39, 0.29) is 22.2 Å². The van der Waals surface area contributed by atoms with Crippen molar-refractivity contribution in [2.24, 2.45) is 0 Å². The van der Waals surface area contributed by atoms with Crippen molar-refractivity contribution in [1.82, 2.24) is 29.1 Å². The first-order valence-electron chi connectivity index (χ1n) is 17.4. The van der Waals surface area contributed by atoms with Crippen molar-refractivity contribution < 1.29 is 21.6 Å². The molecule has 0 radical (unpaired) electrons. The summed E-state index contributed by atoms with van der Waals surface area (Å²) in [6.45, 7) is 14.5. The Morgan fingerprint density at radius 1 is 0.471 bits per heavy atom. The van der Waals surface area contributed by atoms with Crippen LogP contribution in [0.15, 0.2) is 127 Å². The van der Waals surface area contributed by atoms with Crippen LogP contribution in [0.25, 0.3) is 33.8 Å². The molecule has 9 heteroatoms. The van der Waals surface area contributed by atoms with Gasteiger partial charge in [-0.2, -0.15) is 0 Å². The Balaban J connectivity index is 0.000000306. The van der Waals surface area contributed by atoms with E-state index < -0.39 is 7.12 Å². The smallest absolute Gasteiger partial charge is 0.872 e. The Kier molecular flexibility index (Phi) is 11.8. The van der Waals surface area contributed by atoms with Crippen LogP contribution in [0.2, 0.25) is 0 Å². The summed E-state index contributed by atoms with van der Waals surface area (Å²) in [5, 5.41) is 27.2. The zero-order chi connectivity index (χ0) is 35.4. The van der Waals surface area contributed by atoms with E-state index in [1.165, 1.54) is 0 Å². The van der Waals surface area contributed by atoms with E-state index in [2.05, 4.69) is 117 Å². The second-order valence-corrected chi connectivity index (χ2v) is 13.6. The van der Waals surface area contributed by atoms with E-state index in [1.54, 1.807) is 0 Å². The van der Waals surface area contributed by atoms with Gasteiger partial charge in [0.15, 0.2) is 0 Å². The van der Waals surface area contributed by atoms with Crippen molar-refractivity contribution in [1.29, 1.82) is 0 Å². The van der Waals surface area contributed by atoms with Crippen LogP contribution < -0.4 is 5.11 Å². The van der Waals surface area contributed by atoms with Crippen LogP contribution in [0.5, 0.6) is 5.75 Å². The number of aromatic nitrogens is 6. The number of para-hydroxylation sites is 1. The molecular formula is C42H45BN6NiO. The number of hydrogen-bond donors (Lipinski definition) is 0. The zero-order valence-electron chi connectivity index (χ0n) is 30.4. The summed E-state index contributed by atoms with van der Waals surface area (Å²) in [6.07, 6.45) is 0. The minimum absolute atomic E-state index is 0. The molecule has 4 aromatic carbocycles. The topological polar surface area (TPSA) is 76.5 Å². The van der Waals surface area contributed by atoms with Gasteiger partial charge in [-0.1, -0.05) is 148 Å². The molecule has 51 heavy (non-hydrogen) atoms.